The molecule has 0 aromatic carbocycles. The molecule has 0 bridgehead atoms. The molecule has 160 valence electrons. The van der Waals surface area contributed by atoms with Gasteiger partial charge in [-0.25, -0.2) is 19.9 Å². The lowest BCUT2D eigenvalue weighted by Gasteiger charge is -2.04. The van der Waals surface area contributed by atoms with Crippen LogP contribution in [0.1, 0.15) is 11.1 Å². The van der Waals surface area contributed by atoms with Crippen LogP contribution in [0, 0.1) is 13.8 Å². The number of nitrogen functional groups attached to an aromatic ring is 1. The second kappa shape index (κ2) is 13.1. The fourth-order valence-corrected chi connectivity index (χ4v) is 3.43. The molecule has 4 aromatic heterocycles. The first-order chi connectivity index (χ1) is 14.8. The Hall–Kier alpha value is -2.36. The van der Waals surface area contributed by atoms with Gasteiger partial charge in [0, 0.05) is 12.4 Å². The Morgan fingerprint density at radius 2 is 1.23 bits per heavy atom. The third-order valence-corrected chi connectivity index (χ3v) is 4.83. The minimum atomic E-state index is 0.588. The van der Waals surface area contributed by atoms with Crippen molar-refractivity contribution in [3.63, 3.8) is 0 Å². The van der Waals surface area contributed by atoms with Crippen molar-refractivity contribution in [3.8, 4) is 0 Å². The molecule has 0 unspecified atom stereocenters. The molecule has 3 N–H and O–H groups in total. The van der Waals surface area contributed by atoms with Crippen molar-refractivity contribution in [1.82, 2.24) is 19.9 Å². The Balaban J connectivity index is 0.000000181. The van der Waals surface area contributed by atoms with Crippen molar-refractivity contribution in [3.05, 3.63) is 98.0 Å². The van der Waals surface area contributed by atoms with E-state index >= 15 is 0 Å². The van der Waals surface area contributed by atoms with Crippen LogP contribution >= 0.6 is 47.8 Å². The average molecular weight is 609 g/mol. The van der Waals surface area contributed by atoms with E-state index in [-0.39, 0.29) is 0 Å². The lowest BCUT2D eigenvalue weighted by atomic mass is 10.3. The summed E-state index contributed by atoms with van der Waals surface area (Å²) in [6.07, 6.45) is 3.47. The Bertz CT molecular complexity index is 986. The quantitative estimate of drug-likeness (QED) is 0.241. The molecule has 0 saturated carbocycles. The van der Waals surface area contributed by atoms with Crippen LogP contribution in [0.4, 0.5) is 17.5 Å². The number of aryl methyl sites for hydroxylation is 2. The second-order valence-electron chi connectivity index (χ2n) is 6.23. The number of hydrogen-bond acceptors (Lipinski definition) is 6. The minimum Gasteiger partial charge on any atom is -0.384 e. The van der Waals surface area contributed by atoms with Crippen molar-refractivity contribution in [2.45, 2.75) is 13.8 Å². The number of nitrogens with one attached hydrogen (secondary N) is 1. The molecule has 0 aliphatic carbocycles. The summed E-state index contributed by atoms with van der Waals surface area (Å²) in [6, 6.07) is 19.1. The van der Waals surface area contributed by atoms with E-state index in [9.17, 15) is 0 Å². The maximum Gasteiger partial charge on any atom is 0.132 e. The average Bonchev–Trinajstić information content (AvgIpc) is 2.69. The van der Waals surface area contributed by atoms with Crippen molar-refractivity contribution >= 4 is 65.2 Å². The van der Waals surface area contributed by atoms with Gasteiger partial charge >= 0.3 is 0 Å². The van der Waals surface area contributed by atoms with Crippen LogP contribution in [0.25, 0.3) is 0 Å². The zero-order valence-electron chi connectivity index (χ0n) is 16.9. The number of rotatable bonds is 2. The number of halogens is 3. The fourth-order valence-electron chi connectivity index (χ4n) is 2.16. The summed E-state index contributed by atoms with van der Waals surface area (Å²) in [5, 5.41) is 3.13. The van der Waals surface area contributed by atoms with E-state index < -0.39 is 0 Å². The van der Waals surface area contributed by atoms with E-state index in [1.807, 2.05) is 74.5 Å². The highest BCUT2D eigenvalue weighted by Crippen LogP contribution is 2.15. The summed E-state index contributed by atoms with van der Waals surface area (Å²) in [5.74, 6) is 2.17. The van der Waals surface area contributed by atoms with Gasteiger partial charge in [0.2, 0.25) is 0 Å². The van der Waals surface area contributed by atoms with Crippen LogP contribution in [0.2, 0.25) is 0 Å². The van der Waals surface area contributed by atoms with Crippen molar-refractivity contribution in [2.75, 3.05) is 11.1 Å². The lowest BCUT2D eigenvalue weighted by Crippen LogP contribution is -1.95. The summed E-state index contributed by atoms with van der Waals surface area (Å²) in [7, 11) is 0. The summed E-state index contributed by atoms with van der Waals surface area (Å²) in [5.41, 5.74) is 7.67. The highest BCUT2D eigenvalue weighted by molar-refractivity contribution is 9.11. The molecule has 31 heavy (non-hydrogen) atoms. The monoisotopic (exact) mass is 606 g/mol. The van der Waals surface area contributed by atoms with Gasteiger partial charge < -0.3 is 11.1 Å². The van der Waals surface area contributed by atoms with E-state index in [1.54, 1.807) is 12.4 Å². The molecule has 9 heteroatoms. The molecule has 4 aromatic rings. The molecule has 4 heterocycles. The van der Waals surface area contributed by atoms with Crippen LogP contribution in [0.5, 0.6) is 0 Å². The molecule has 0 fully saturated rings. The van der Waals surface area contributed by atoms with Crippen LogP contribution in [0.3, 0.4) is 0 Å². The van der Waals surface area contributed by atoms with Crippen molar-refractivity contribution in [1.29, 1.82) is 0 Å². The van der Waals surface area contributed by atoms with E-state index in [4.69, 9.17) is 5.73 Å². The first-order valence-electron chi connectivity index (χ1n) is 9.10. The molecule has 0 amide bonds. The lowest BCUT2D eigenvalue weighted by molar-refractivity contribution is 1.22. The molecule has 0 atom stereocenters. The number of nitrogens with two attached hydrogens (primary N) is 1. The number of aromatic nitrogens is 4. The predicted molar refractivity (Wildman–Crippen MR) is 137 cm³/mol. The van der Waals surface area contributed by atoms with E-state index in [2.05, 4.69) is 73.0 Å². The van der Waals surface area contributed by atoms with Crippen LogP contribution in [-0.4, -0.2) is 19.9 Å². The number of anilines is 3. The summed E-state index contributed by atoms with van der Waals surface area (Å²) >= 11 is 9.76. The molecule has 0 aliphatic heterocycles. The molecule has 0 radical (unpaired) electrons. The molecular formula is C22H21Br3N6. The summed E-state index contributed by atoms with van der Waals surface area (Å²) in [4.78, 5) is 16.3. The number of pyridine rings is 4. The van der Waals surface area contributed by atoms with Crippen LogP contribution < -0.4 is 11.1 Å². The highest BCUT2D eigenvalue weighted by atomic mass is 79.9. The van der Waals surface area contributed by atoms with Crippen LogP contribution in [0.15, 0.2) is 86.9 Å². The van der Waals surface area contributed by atoms with Crippen molar-refractivity contribution in [2.24, 2.45) is 0 Å². The third-order valence-electron chi connectivity index (χ3n) is 3.50. The van der Waals surface area contributed by atoms with Gasteiger partial charge in [-0.3, -0.25) is 0 Å². The molecule has 0 spiro atoms. The Labute approximate surface area is 207 Å². The highest BCUT2D eigenvalue weighted by Gasteiger charge is 1.97. The van der Waals surface area contributed by atoms with Crippen LogP contribution in [-0.2, 0) is 0 Å². The maximum absolute atomic E-state index is 5.35. The van der Waals surface area contributed by atoms with Gasteiger partial charge in [-0.1, -0.05) is 12.1 Å². The minimum absolute atomic E-state index is 0.588. The topological polar surface area (TPSA) is 89.6 Å². The fraction of sp³-hybridized carbons (Fsp3) is 0.0909. The number of hydrogen-bond donors (Lipinski definition) is 2. The third kappa shape index (κ3) is 10.5. The molecule has 0 saturated heterocycles. The maximum atomic E-state index is 5.35. The smallest absolute Gasteiger partial charge is 0.132 e. The SMILES string of the molecule is Brc1cccc(Br)n1.Cc1ccnc(N)c1.Cc1ccnc(Nc2cccc(Br)n2)c1. The molecular weight excluding hydrogens is 588 g/mol. The normalized spacial score (nSPS) is 9.58. The number of nitrogens with zero attached hydrogens (tertiary/aromatic N) is 4. The van der Waals surface area contributed by atoms with Gasteiger partial charge in [-0.2, -0.15) is 0 Å². The zero-order chi connectivity index (χ0) is 22.6. The van der Waals surface area contributed by atoms with Gasteiger partial charge in [0.15, 0.2) is 0 Å². The first-order valence-corrected chi connectivity index (χ1v) is 11.5. The largest absolute Gasteiger partial charge is 0.384 e. The predicted octanol–water partition coefficient (Wildman–Crippen LogP) is 6.87. The van der Waals surface area contributed by atoms with Gasteiger partial charge in [0.1, 0.15) is 31.3 Å². The summed E-state index contributed by atoms with van der Waals surface area (Å²) in [6.45, 7) is 4.01. The summed E-state index contributed by atoms with van der Waals surface area (Å²) < 4.78 is 2.51. The molecule has 6 nitrogen and oxygen atoms in total. The van der Waals surface area contributed by atoms with Gasteiger partial charge in [-0.15, -0.1) is 0 Å². The van der Waals surface area contributed by atoms with E-state index in [0.717, 1.165) is 31.0 Å². The zero-order valence-corrected chi connectivity index (χ0v) is 21.7. The van der Waals surface area contributed by atoms with E-state index in [0.29, 0.717) is 5.82 Å². The molecule has 4 rings (SSSR count). The van der Waals surface area contributed by atoms with Crippen molar-refractivity contribution < 1.29 is 0 Å². The van der Waals surface area contributed by atoms with E-state index in [1.165, 1.54) is 5.56 Å². The second-order valence-corrected chi connectivity index (χ2v) is 8.67. The Morgan fingerprint density at radius 3 is 1.68 bits per heavy atom. The Kier molecular flexibility index (Phi) is 10.6. The Morgan fingerprint density at radius 1 is 0.677 bits per heavy atom. The van der Waals surface area contributed by atoms with Gasteiger partial charge in [0.25, 0.3) is 0 Å². The molecule has 0 aliphatic rings. The standard InChI is InChI=1S/C11H10BrN3.C6H8N2.C5H3Br2N/c1-8-5-6-13-11(7-8)15-10-4-2-3-9(12)14-10;1-5-2-3-8-6(7)4-5;6-4-2-1-3-5(7)8-4/h2-7H,1H3,(H,13,14,15);2-4H,1H3,(H2,7,8);1-3H. The van der Waals surface area contributed by atoms with Gasteiger partial charge in [-0.05, 0) is 121 Å². The first kappa shape index (κ1) is 24.9. The van der Waals surface area contributed by atoms with Gasteiger partial charge in [0.05, 0.1) is 0 Å².